The summed E-state index contributed by atoms with van der Waals surface area (Å²) >= 11 is 0. The zero-order chi connectivity index (χ0) is 15.0. The summed E-state index contributed by atoms with van der Waals surface area (Å²) in [5, 5.41) is 9.63. The lowest BCUT2D eigenvalue weighted by molar-refractivity contribution is 0.101. The van der Waals surface area contributed by atoms with Gasteiger partial charge >= 0.3 is 0 Å². The van der Waals surface area contributed by atoms with Crippen LogP contribution in [-0.4, -0.2) is 28.0 Å². The van der Waals surface area contributed by atoms with Crippen molar-refractivity contribution in [3.05, 3.63) is 42.0 Å². The maximum atomic E-state index is 11.4. The molecule has 0 aliphatic heterocycles. The van der Waals surface area contributed by atoms with E-state index >= 15 is 0 Å². The number of aromatic hydroxyl groups is 1. The first-order chi connectivity index (χ1) is 10.1. The molecule has 106 valence electrons. The standard InChI is InChI=1S/C16H14N2O3/c1-9(19)10-3-5-12-13(7-10)18-16(17-12)11-4-6-14(20)15(8-11)21-2/h3-8,20H,1-2H3,(H,17,18). The molecule has 0 atom stereocenters. The van der Waals surface area contributed by atoms with E-state index in [9.17, 15) is 9.90 Å². The van der Waals surface area contributed by atoms with Crippen molar-refractivity contribution in [1.29, 1.82) is 0 Å². The van der Waals surface area contributed by atoms with Crippen LogP contribution in [0.1, 0.15) is 17.3 Å². The van der Waals surface area contributed by atoms with Crippen LogP contribution < -0.4 is 4.74 Å². The number of carbonyl (C=O) groups is 1. The topological polar surface area (TPSA) is 75.2 Å². The number of rotatable bonds is 3. The van der Waals surface area contributed by atoms with Gasteiger partial charge in [-0.15, -0.1) is 0 Å². The molecular weight excluding hydrogens is 268 g/mol. The highest BCUT2D eigenvalue weighted by molar-refractivity contribution is 5.97. The summed E-state index contributed by atoms with van der Waals surface area (Å²) in [6, 6.07) is 10.4. The van der Waals surface area contributed by atoms with E-state index in [2.05, 4.69) is 9.97 Å². The Balaban J connectivity index is 2.10. The number of hydrogen-bond acceptors (Lipinski definition) is 4. The van der Waals surface area contributed by atoms with Gasteiger partial charge in [-0.2, -0.15) is 0 Å². The third-order valence-electron chi connectivity index (χ3n) is 3.34. The quantitative estimate of drug-likeness (QED) is 0.724. The van der Waals surface area contributed by atoms with E-state index in [1.165, 1.54) is 14.0 Å². The van der Waals surface area contributed by atoms with Crippen LogP contribution in [0, 0.1) is 0 Å². The zero-order valence-corrected chi connectivity index (χ0v) is 11.7. The van der Waals surface area contributed by atoms with Crippen LogP contribution in [0.25, 0.3) is 22.4 Å². The van der Waals surface area contributed by atoms with E-state index in [-0.39, 0.29) is 11.5 Å². The van der Waals surface area contributed by atoms with Gasteiger partial charge in [-0.1, -0.05) is 0 Å². The van der Waals surface area contributed by atoms with Gasteiger partial charge in [-0.3, -0.25) is 4.79 Å². The van der Waals surface area contributed by atoms with Crippen molar-refractivity contribution in [3.63, 3.8) is 0 Å². The van der Waals surface area contributed by atoms with Crippen LogP contribution in [0.3, 0.4) is 0 Å². The Bertz CT molecular complexity index is 837. The van der Waals surface area contributed by atoms with Crippen LogP contribution in [0.5, 0.6) is 11.5 Å². The number of fused-ring (bicyclic) bond motifs is 1. The van der Waals surface area contributed by atoms with E-state index < -0.39 is 0 Å². The average Bonchev–Trinajstić information content (AvgIpc) is 2.90. The largest absolute Gasteiger partial charge is 0.504 e. The molecule has 5 nitrogen and oxygen atoms in total. The van der Waals surface area contributed by atoms with E-state index in [0.29, 0.717) is 17.1 Å². The minimum Gasteiger partial charge on any atom is -0.504 e. The predicted molar refractivity (Wildman–Crippen MR) is 79.8 cm³/mol. The number of aromatic nitrogens is 2. The average molecular weight is 282 g/mol. The van der Waals surface area contributed by atoms with Gasteiger partial charge in [0.25, 0.3) is 0 Å². The third kappa shape index (κ3) is 2.33. The number of phenols is 1. The first kappa shape index (κ1) is 13.2. The zero-order valence-electron chi connectivity index (χ0n) is 11.7. The van der Waals surface area contributed by atoms with Crippen molar-refractivity contribution in [2.24, 2.45) is 0 Å². The first-order valence-corrected chi connectivity index (χ1v) is 6.46. The number of carbonyl (C=O) groups excluding carboxylic acids is 1. The van der Waals surface area contributed by atoms with E-state index in [1.807, 2.05) is 6.07 Å². The molecule has 0 saturated heterocycles. The van der Waals surface area contributed by atoms with Crippen molar-refractivity contribution < 1.29 is 14.6 Å². The van der Waals surface area contributed by atoms with Crippen molar-refractivity contribution in [2.45, 2.75) is 6.92 Å². The van der Waals surface area contributed by atoms with E-state index in [0.717, 1.165) is 16.6 Å². The highest BCUT2D eigenvalue weighted by Crippen LogP contribution is 2.31. The number of phenolic OH excluding ortho intramolecular Hbond substituents is 1. The molecule has 0 radical (unpaired) electrons. The van der Waals surface area contributed by atoms with Crippen molar-refractivity contribution in [2.75, 3.05) is 7.11 Å². The number of aromatic amines is 1. The number of hydrogen-bond donors (Lipinski definition) is 2. The lowest BCUT2D eigenvalue weighted by atomic mass is 10.1. The molecule has 3 aromatic rings. The molecular formula is C16H14N2O3. The summed E-state index contributed by atoms with van der Waals surface area (Å²) in [6.07, 6.45) is 0. The molecule has 0 saturated carbocycles. The van der Waals surface area contributed by atoms with Crippen LogP contribution in [0.2, 0.25) is 0 Å². The highest BCUT2D eigenvalue weighted by Gasteiger charge is 2.10. The first-order valence-electron chi connectivity index (χ1n) is 6.46. The number of nitrogens with zero attached hydrogens (tertiary/aromatic N) is 1. The fourth-order valence-electron chi connectivity index (χ4n) is 2.19. The molecule has 1 heterocycles. The van der Waals surface area contributed by atoms with E-state index in [4.69, 9.17) is 4.74 Å². The molecule has 0 unspecified atom stereocenters. The third-order valence-corrected chi connectivity index (χ3v) is 3.34. The number of Topliss-reactive ketones (excluding diaryl/α,β-unsaturated/α-hetero) is 1. The molecule has 0 aliphatic carbocycles. The molecule has 1 aromatic heterocycles. The summed E-state index contributed by atoms with van der Waals surface area (Å²) in [5.74, 6) is 1.13. The smallest absolute Gasteiger partial charge is 0.161 e. The number of methoxy groups -OCH3 is 1. The highest BCUT2D eigenvalue weighted by atomic mass is 16.5. The number of nitrogens with one attached hydrogen (secondary N) is 1. The van der Waals surface area contributed by atoms with Gasteiger partial charge in [0, 0.05) is 11.1 Å². The number of benzene rings is 2. The Hall–Kier alpha value is -2.82. The van der Waals surface area contributed by atoms with Crippen LogP contribution in [0.4, 0.5) is 0 Å². The van der Waals surface area contributed by atoms with Gasteiger partial charge in [-0.25, -0.2) is 4.98 Å². The fraction of sp³-hybridized carbons (Fsp3) is 0.125. The molecule has 2 aromatic carbocycles. The number of H-pyrrole nitrogens is 1. The summed E-state index contributed by atoms with van der Waals surface area (Å²) in [5.41, 5.74) is 3.00. The Morgan fingerprint density at radius 1 is 1.24 bits per heavy atom. The molecule has 0 aliphatic rings. The molecule has 3 rings (SSSR count). The SMILES string of the molecule is COc1cc(-c2nc3cc(C(C)=O)ccc3[nH]2)ccc1O. The second-order valence-electron chi connectivity index (χ2n) is 4.76. The Morgan fingerprint density at radius 2 is 2.05 bits per heavy atom. The van der Waals surface area contributed by atoms with Gasteiger partial charge in [0.2, 0.25) is 0 Å². The Kier molecular flexibility index (Phi) is 3.10. The molecule has 0 fully saturated rings. The summed E-state index contributed by atoms with van der Waals surface area (Å²) in [4.78, 5) is 19.1. The molecule has 21 heavy (non-hydrogen) atoms. The summed E-state index contributed by atoms with van der Waals surface area (Å²) < 4.78 is 5.10. The molecule has 5 heteroatoms. The Morgan fingerprint density at radius 3 is 2.76 bits per heavy atom. The van der Waals surface area contributed by atoms with Gasteiger partial charge in [0.15, 0.2) is 17.3 Å². The molecule has 2 N–H and O–H groups in total. The molecule has 0 spiro atoms. The monoisotopic (exact) mass is 282 g/mol. The lowest BCUT2D eigenvalue weighted by Crippen LogP contribution is -1.90. The lowest BCUT2D eigenvalue weighted by Gasteiger charge is -2.04. The predicted octanol–water partition coefficient (Wildman–Crippen LogP) is 3.15. The number of ether oxygens (including phenoxy) is 1. The normalized spacial score (nSPS) is 10.8. The summed E-state index contributed by atoms with van der Waals surface area (Å²) in [7, 11) is 1.50. The fourth-order valence-corrected chi connectivity index (χ4v) is 2.19. The van der Waals surface area contributed by atoms with Crippen molar-refractivity contribution >= 4 is 16.8 Å². The van der Waals surface area contributed by atoms with E-state index in [1.54, 1.807) is 30.3 Å². The van der Waals surface area contributed by atoms with Gasteiger partial charge in [-0.05, 0) is 43.3 Å². The number of ketones is 1. The molecule has 0 bridgehead atoms. The molecule has 0 amide bonds. The summed E-state index contributed by atoms with van der Waals surface area (Å²) in [6.45, 7) is 1.53. The van der Waals surface area contributed by atoms with Gasteiger partial charge in [0.1, 0.15) is 5.82 Å². The Labute approximate surface area is 121 Å². The minimum absolute atomic E-state index is 0.00718. The van der Waals surface area contributed by atoms with Crippen LogP contribution in [-0.2, 0) is 0 Å². The number of imidazole rings is 1. The maximum absolute atomic E-state index is 11.4. The maximum Gasteiger partial charge on any atom is 0.161 e. The van der Waals surface area contributed by atoms with Gasteiger partial charge < -0.3 is 14.8 Å². The second kappa shape index (κ2) is 4.94. The van der Waals surface area contributed by atoms with Crippen LogP contribution >= 0.6 is 0 Å². The minimum atomic E-state index is 0.00718. The van der Waals surface area contributed by atoms with Crippen LogP contribution in [0.15, 0.2) is 36.4 Å². The van der Waals surface area contributed by atoms with Crippen molar-refractivity contribution in [3.8, 4) is 22.9 Å². The second-order valence-corrected chi connectivity index (χ2v) is 4.76. The van der Waals surface area contributed by atoms with Crippen molar-refractivity contribution in [1.82, 2.24) is 9.97 Å². The van der Waals surface area contributed by atoms with Gasteiger partial charge in [0.05, 0.1) is 18.1 Å².